The number of pyridine rings is 1. The Hall–Kier alpha value is -1.99. The van der Waals surface area contributed by atoms with Gasteiger partial charge in [0, 0.05) is 5.39 Å². The molecular formula is C17H18N4OS2. The van der Waals surface area contributed by atoms with Gasteiger partial charge in [-0.1, -0.05) is 34.7 Å². The second-order valence-corrected chi connectivity index (χ2v) is 7.90. The van der Waals surface area contributed by atoms with Crippen LogP contribution in [0.2, 0.25) is 0 Å². The van der Waals surface area contributed by atoms with Gasteiger partial charge in [-0.3, -0.25) is 10.1 Å². The lowest BCUT2D eigenvalue weighted by atomic mass is 10.0. The van der Waals surface area contributed by atoms with Crippen LogP contribution in [-0.4, -0.2) is 26.8 Å². The fourth-order valence-corrected chi connectivity index (χ4v) is 3.91. The summed E-state index contributed by atoms with van der Waals surface area (Å²) in [6.07, 6.45) is 0. The van der Waals surface area contributed by atoms with Gasteiger partial charge in [-0.05, 0) is 51.0 Å². The summed E-state index contributed by atoms with van der Waals surface area (Å²) >= 11 is 2.80. The van der Waals surface area contributed by atoms with Gasteiger partial charge in [0.2, 0.25) is 11.0 Å². The van der Waals surface area contributed by atoms with Crippen LogP contribution < -0.4 is 5.32 Å². The standard InChI is InChI=1S/C17H18N4OS2/c1-9-5-11(3)16-13(6-9)10(2)7-15(19-16)23-8-14(22)18-17-21-20-12(4)24-17/h5-7H,8H2,1-4H3,(H,18,21,22). The van der Waals surface area contributed by atoms with Crippen LogP contribution in [0.1, 0.15) is 21.7 Å². The molecule has 0 aliphatic heterocycles. The van der Waals surface area contributed by atoms with Crippen LogP contribution in [-0.2, 0) is 4.79 Å². The number of hydrogen-bond acceptors (Lipinski definition) is 6. The number of benzene rings is 1. The highest BCUT2D eigenvalue weighted by Gasteiger charge is 2.10. The van der Waals surface area contributed by atoms with Crippen LogP contribution >= 0.6 is 23.1 Å². The number of carbonyl (C=O) groups is 1. The monoisotopic (exact) mass is 358 g/mol. The van der Waals surface area contributed by atoms with Gasteiger partial charge in [-0.15, -0.1) is 10.2 Å². The minimum absolute atomic E-state index is 0.101. The van der Waals surface area contributed by atoms with Crippen LogP contribution in [0.5, 0.6) is 0 Å². The minimum Gasteiger partial charge on any atom is -0.300 e. The number of anilines is 1. The fraction of sp³-hybridized carbons (Fsp3) is 0.294. The van der Waals surface area contributed by atoms with Gasteiger partial charge in [0.1, 0.15) is 5.01 Å². The van der Waals surface area contributed by atoms with Crippen LogP contribution in [0.4, 0.5) is 5.13 Å². The Morgan fingerprint density at radius 2 is 1.92 bits per heavy atom. The molecule has 3 aromatic rings. The van der Waals surface area contributed by atoms with E-state index in [-0.39, 0.29) is 5.91 Å². The predicted molar refractivity (Wildman–Crippen MR) is 100.0 cm³/mol. The zero-order valence-corrected chi connectivity index (χ0v) is 15.6. The van der Waals surface area contributed by atoms with Crippen molar-refractivity contribution in [3.8, 4) is 0 Å². The van der Waals surface area contributed by atoms with Crippen LogP contribution in [0.15, 0.2) is 23.2 Å². The molecular weight excluding hydrogens is 340 g/mol. The number of aromatic nitrogens is 3. The SMILES string of the molecule is Cc1cc(C)c2nc(SCC(=O)Nc3nnc(C)s3)cc(C)c2c1. The van der Waals surface area contributed by atoms with E-state index in [1.807, 2.05) is 13.0 Å². The number of nitrogens with zero attached hydrogens (tertiary/aromatic N) is 3. The molecule has 0 radical (unpaired) electrons. The lowest BCUT2D eigenvalue weighted by Gasteiger charge is -2.09. The molecule has 0 saturated carbocycles. The van der Waals surface area contributed by atoms with E-state index in [0.717, 1.165) is 21.1 Å². The largest absolute Gasteiger partial charge is 0.300 e. The van der Waals surface area contributed by atoms with E-state index < -0.39 is 0 Å². The van der Waals surface area contributed by atoms with Crippen LogP contribution in [0, 0.1) is 27.7 Å². The highest BCUT2D eigenvalue weighted by molar-refractivity contribution is 7.99. The third kappa shape index (κ3) is 3.73. The average Bonchev–Trinajstić information content (AvgIpc) is 2.91. The zero-order chi connectivity index (χ0) is 17.3. The molecule has 7 heteroatoms. The van der Waals surface area contributed by atoms with Crippen LogP contribution in [0.3, 0.4) is 0 Å². The van der Waals surface area contributed by atoms with E-state index in [1.165, 1.54) is 39.6 Å². The number of carbonyl (C=O) groups excluding carboxylic acids is 1. The topological polar surface area (TPSA) is 67.8 Å². The smallest absolute Gasteiger partial charge is 0.236 e. The number of hydrogen-bond donors (Lipinski definition) is 1. The van der Waals surface area contributed by atoms with Crippen molar-refractivity contribution in [1.29, 1.82) is 0 Å². The number of thioether (sulfide) groups is 1. The summed E-state index contributed by atoms with van der Waals surface area (Å²) in [5, 5.41) is 13.9. The third-order valence-corrected chi connectivity index (χ3v) is 5.22. The van der Waals surface area contributed by atoms with E-state index >= 15 is 0 Å². The van der Waals surface area contributed by atoms with Gasteiger partial charge >= 0.3 is 0 Å². The van der Waals surface area contributed by atoms with Crippen molar-refractivity contribution in [3.05, 3.63) is 39.9 Å². The molecule has 0 atom stereocenters. The van der Waals surface area contributed by atoms with E-state index in [0.29, 0.717) is 10.9 Å². The molecule has 124 valence electrons. The zero-order valence-electron chi connectivity index (χ0n) is 14.0. The molecule has 0 saturated heterocycles. The maximum Gasteiger partial charge on any atom is 0.236 e. The Labute approximate surface area is 148 Å². The Balaban J connectivity index is 1.74. The Morgan fingerprint density at radius 3 is 2.62 bits per heavy atom. The summed E-state index contributed by atoms with van der Waals surface area (Å²) in [4.78, 5) is 16.8. The third-order valence-electron chi connectivity index (χ3n) is 3.56. The normalized spacial score (nSPS) is 11.0. The van der Waals surface area contributed by atoms with Crippen LogP contribution in [0.25, 0.3) is 10.9 Å². The molecule has 1 aromatic carbocycles. The molecule has 3 rings (SSSR count). The fourth-order valence-electron chi connectivity index (χ4n) is 2.53. The lowest BCUT2D eigenvalue weighted by molar-refractivity contribution is -0.113. The first-order valence-corrected chi connectivity index (χ1v) is 9.34. The first-order valence-electron chi connectivity index (χ1n) is 7.54. The summed E-state index contributed by atoms with van der Waals surface area (Å²) in [5.74, 6) is 0.193. The van der Waals surface area contributed by atoms with Crippen molar-refractivity contribution in [2.24, 2.45) is 0 Å². The summed E-state index contributed by atoms with van der Waals surface area (Å²) in [7, 11) is 0. The van der Waals surface area contributed by atoms with E-state index in [1.54, 1.807) is 0 Å². The van der Waals surface area contributed by atoms with Crippen molar-refractivity contribution in [2.45, 2.75) is 32.7 Å². The molecule has 24 heavy (non-hydrogen) atoms. The van der Waals surface area contributed by atoms with Gasteiger partial charge in [0.15, 0.2) is 0 Å². The van der Waals surface area contributed by atoms with Crippen molar-refractivity contribution in [2.75, 3.05) is 11.1 Å². The highest BCUT2D eigenvalue weighted by Crippen LogP contribution is 2.27. The van der Waals surface area contributed by atoms with E-state index in [4.69, 9.17) is 4.98 Å². The van der Waals surface area contributed by atoms with E-state index in [2.05, 4.69) is 48.4 Å². The maximum absolute atomic E-state index is 12.0. The quantitative estimate of drug-likeness (QED) is 0.713. The van der Waals surface area contributed by atoms with Gasteiger partial charge in [-0.2, -0.15) is 0 Å². The number of fused-ring (bicyclic) bond motifs is 1. The predicted octanol–water partition coefficient (Wildman–Crippen LogP) is 4.05. The molecule has 2 heterocycles. The van der Waals surface area contributed by atoms with Crippen molar-refractivity contribution >= 4 is 45.0 Å². The lowest BCUT2D eigenvalue weighted by Crippen LogP contribution is -2.14. The Bertz CT molecular complexity index is 920. The maximum atomic E-state index is 12.0. The number of aryl methyl sites for hydroxylation is 4. The molecule has 0 aliphatic carbocycles. The molecule has 0 bridgehead atoms. The first-order chi connectivity index (χ1) is 11.4. The molecule has 2 aromatic heterocycles. The number of amides is 1. The molecule has 0 spiro atoms. The molecule has 0 unspecified atom stereocenters. The molecule has 0 aliphatic rings. The van der Waals surface area contributed by atoms with Gasteiger partial charge < -0.3 is 0 Å². The highest BCUT2D eigenvalue weighted by atomic mass is 32.2. The van der Waals surface area contributed by atoms with Crippen molar-refractivity contribution in [3.63, 3.8) is 0 Å². The molecule has 0 fully saturated rings. The number of nitrogens with one attached hydrogen (secondary N) is 1. The molecule has 5 nitrogen and oxygen atoms in total. The Kier molecular flexibility index (Phi) is 4.82. The minimum atomic E-state index is -0.101. The van der Waals surface area contributed by atoms with E-state index in [9.17, 15) is 4.79 Å². The van der Waals surface area contributed by atoms with Gasteiger partial charge in [0.05, 0.1) is 16.3 Å². The average molecular weight is 358 g/mol. The second kappa shape index (κ2) is 6.86. The summed E-state index contributed by atoms with van der Waals surface area (Å²) < 4.78 is 0. The summed E-state index contributed by atoms with van der Waals surface area (Å²) in [5.41, 5.74) is 4.57. The number of rotatable bonds is 4. The summed E-state index contributed by atoms with van der Waals surface area (Å²) in [6, 6.07) is 6.32. The first kappa shape index (κ1) is 16.9. The van der Waals surface area contributed by atoms with Gasteiger partial charge in [-0.25, -0.2) is 4.98 Å². The second-order valence-electron chi connectivity index (χ2n) is 5.72. The Morgan fingerprint density at radius 1 is 1.12 bits per heavy atom. The van der Waals surface area contributed by atoms with Crippen molar-refractivity contribution in [1.82, 2.24) is 15.2 Å². The molecule has 1 amide bonds. The summed E-state index contributed by atoms with van der Waals surface area (Å²) in [6.45, 7) is 8.10. The van der Waals surface area contributed by atoms with Crippen molar-refractivity contribution < 1.29 is 4.79 Å². The molecule has 1 N–H and O–H groups in total. The van der Waals surface area contributed by atoms with Gasteiger partial charge in [0.25, 0.3) is 0 Å².